The Balaban J connectivity index is 1.66. The smallest absolute Gasteiger partial charge is 0.323 e. The molecule has 1 aliphatic heterocycles. The largest absolute Gasteiger partial charge is 0.325 e. The summed E-state index contributed by atoms with van der Waals surface area (Å²) >= 11 is 1.29. The molecule has 8 heteroatoms. The average Bonchev–Trinajstić information content (AvgIpc) is 3.04. The molecule has 0 atom stereocenters. The molecule has 1 saturated heterocycles. The second-order valence-electron chi connectivity index (χ2n) is 5.35. The Bertz CT molecular complexity index is 566. The molecule has 112 valence electrons. The molecule has 1 spiro atoms. The molecule has 21 heavy (non-hydrogen) atoms. The van der Waals surface area contributed by atoms with Crippen molar-refractivity contribution in [3.63, 3.8) is 0 Å². The third kappa shape index (κ3) is 2.63. The van der Waals surface area contributed by atoms with Crippen molar-refractivity contribution in [3.8, 4) is 0 Å². The van der Waals surface area contributed by atoms with Gasteiger partial charge in [-0.1, -0.05) is 19.3 Å². The Hall–Kier alpha value is -1.96. The van der Waals surface area contributed by atoms with E-state index >= 15 is 0 Å². The maximum atomic E-state index is 12.5. The minimum Gasteiger partial charge on any atom is -0.323 e. The van der Waals surface area contributed by atoms with E-state index in [2.05, 4.69) is 15.6 Å². The van der Waals surface area contributed by atoms with E-state index in [1.165, 1.54) is 11.3 Å². The molecule has 2 N–H and O–H groups in total. The van der Waals surface area contributed by atoms with Crippen molar-refractivity contribution in [2.45, 2.75) is 37.6 Å². The number of urea groups is 1. The molecule has 1 saturated carbocycles. The van der Waals surface area contributed by atoms with E-state index in [0.29, 0.717) is 18.0 Å². The standard InChI is InChI=1S/C13H16N4O3S/c18-9(15-11-14-6-7-21-11)8-17-10(19)13(16-12(17)20)4-2-1-3-5-13/h6-7H,1-5,8H2,(H,16,20)(H,14,15,18). The second kappa shape index (κ2) is 5.44. The molecule has 2 aliphatic rings. The van der Waals surface area contributed by atoms with Gasteiger partial charge < -0.3 is 10.6 Å². The van der Waals surface area contributed by atoms with E-state index in [1.807, 2.05) is 0 Å². The molecule has 2 fully saturated rings. The van der Waals surface area contributed by atoms with Crippen LogP contribution in [-0.4, -0.2) is 39.8 Å². The number of aromatic nitrogens is 1. The number of amides is 4. The van der Waals surface area contributed by atoms with Crippen molar-refractivity contribution in [3.05, 3.63) is 11.6 Å². The summed E-state index contributed by atoms with van der Waals surface area (Å²) in [7, 11) is 0. The predicted molar refractivity (Wildman–Crippen MR) is 76.8 cm³/mol. The van der Waals surface area contributed by atoms with Crippen molar-refractivity contribution < 1.29 is 14.4 Å². The van der Waals surface area contributed by atoms with Crippen LogP contribution in [0.3, 0.4) is 0 Å². The fourth-order valence-corrected chi connectivity index (χ4v) is 3.45. The first kappa shape index (κ1) is 14.0. The topological polar surface area (TPSA) is 91.4 Å². The molecule has 3 rings (SSSR count). The summed E-state index contributed by atoms with van der Waals surface area (Å²) in [6, 6.07) is -0.476. The molecular formula is C13H16N4O3S. The lowest BCUT2D eigenvalue weighted by Gasteiger charge is -2.30. The quantitative estimate of drug-likeness (QED) is 0.824. The van der Waals surface area contributed by atoms with E-state index in [4.69, 9.17) is 0 Å². The number of carbonyl (C=O) groups is 3. The second-order valence-corrected chi connectivity index (χ2v) is 6.24. The van der Waals surface area contributed by atoms with Gasteiger partial charge in [-0.3, -0.25) is 14.5 Å². The van der Waals surface area contributed by atoms with E-state index in [9.17, 15) is 14.4 Å². The summed E-state index contributed by atoms with van der Waals surface area (Å²) in [4.78, 5) is 41.3. The van der Waals surface area contributed by atoms with Crippen LogP contribution in [0.4, 0.5) is 9.93 Å². The molecule has 0 unspecified atom stereocenters. The normalized spacial score (nSPS) is 20.7. The summed E-state index contributed by atoms with van der Waals surface area (Å²) in [5.41, 5.74) is -0.781. The van der Waals surface area contributed by atoms with Crippen LogP contribution in [0.1, 0.15) is 32.1 Å². The molecule has 0 radical (unpaired) electrons. The summed E-state index contributed by atoms with van der Waals surface area (Å²) in [6.07, 6.45) is 5.81. The minimum absolute atomic E-state index is 0.272. The van der Waals surface area contributed by atoms with Crippen molar-refractivity contribution >= 4 is 34.3 Å². The maximum absolute atomic E-state index is 12.5. The minimum atomic E-state index is -0.781. The lowest BCUT2D eigenvalue weighted by Crippen LogP contribution is -2.48. The van der Waals surface area contributed by atoms with Crippen LogP contribution in [0.15, 0.2) is 11.6 Å². The zero-order valence-corrected chi connectivity index (χ0v) is 12.2. The first-order valence-corrected chi connectivity index (χ1v) is 7.82. The molecule has 7 nitrogen and oxygen atoms in total. The van der Waals surface area contributed by atoms with Gasteiger partial charge in [0.25, 0.3) is 5.91 Å². The average molecular weight is 308 g/mol. The number of nitrogens with zero attached hydrogens (tertiary/aromatic N) is 2. The number of thiazole rings is 1. The molecule has 0 bridgehead atoms. The van der Waals surface area contributed by atoms with Crippen molar-refractivity contribution in [1.82, 2.24) is 15.2 Å². The summed E-state index contributed by atoms with van der Waals surface area (Å²) in [6.45, 7) is -0.272. The van der Waals surface area contributed by atoms with Gasteiger partial charge >= 0.3 is 6.03 Å². The third-order valence-electron chi connectivity index (χ3n) is 3.93. The summed E-state index contributed by atoms with van der Waals surface area (Å²) in [5, 5.41) is 7.55. The van der Waals surface area contributed by atoms with Crippen LogP contribution in [0.2, 0.25) is 0 Å². The van der Waals surface area contributed by atoms with Crippen LogP contribution in [0, 0.1) is 0 Å². The van der Waals surface area contributed by atoms with Gasteiger partial charge in [0.1, 0.15) is 12.1 Å². The zero-order valence-electron chi connectivity index (χ0n) is 11.4. The lowest BCUT2D eigenvalue weighted by molar-refractivity contribution is -0.134. The van der Waals surface area contributed by atoms with Gasteiger partial charge in [0.2, 0.25) is 5.91 Å². The number of hydrogen-bond acceptors (Lipinski definition) is 5. The van der Waals surface area contributed by atoms with Crippen LogP contribution in [-0.2, 0) is 9.59 Å². The molecule has 1 aromatic heterocycles. The van der Waals surface area contributed by atoms with E-state index < -0.39 is 17.5 Å². The molecule has 1 aliphatic carbocycles. The summed E-state index contributed by atoms with van der Waals surface area (Å²) in [5.74, 6) is -0.692. The number of hydrogen-bond donors (Lipinski definition) is 2. The van der Waals surface area contributed by atoms with E-state index in [1.54, 1.807) is 11.6 Å². The highest BCUT2D eigenvalue weighted by molar-refractivity contribution is 7.13. The number of anilines is 1. The van der Waals surface area contributed by atoms with Crippen LogP contribution in [0.5, 0.6) is 0 Å². The highest BCUT2D eigenvalue weighted by Gasteiger charge is 2.51. The Labute approximate surface area is 125 Å². The number of imide groups is 1. The van der Waals surface area contributed by atoms with Gasteiger partial charge in [-0.05, 0) is 12.8 Å². The molecule has 2 heterocycles. The maximum Gasteiger partial charge on any atom is 0.325 e. The van der Waals surface area contributed by atoms with Gasteiger partial charge in [0, 0.05) is 11.6 Å². The fourth-order valence-electron chi connectivity index (χ4n) is 2.90. The number of carbonyl (C=O) groups excluding carboxylic acids is 3. The van der Waals surface area contributed by atoms with Crippen molar-refractivity contribution in [2.75, 3.05) is 11.9 Å². The first-order chi connectivity index (χ1) is 10.1. The molecule has 0 aromatic carbocycles. The number of rotatable bonds is 3. The van der Waals surface area contributed by atoms with Crippen LogP contribution < -0.4 is 10.6 Å². The first-order valence-electron chi connectivity index (χ1n) is 6.94. The molecule has 1 aromatic rings. The highest BCUT2D eigenvalue weighted by Crippen LogP contribution is 2.33. The van der Waals surface area contributed by atoms with Crippen molar-refractivity contribution in [1.29, 1.82) is 0 Å². The third-order valence-corrected chi connectivity index (χ3v) is 4.62. The SMILES string of the molecule is O=C(CN1C(=O)NC2(CCCCC2)C1=O)Nc1nccs1. The van der Waals surface area contributed by atoms with Gasteiger partial charge in [-0.2, -0.15) is 0 Å². The van der Waals surface area contributed by atoms with Gasteiger partial charge in [-0.15, -0.1) is 11.3 Å². The number of nitrogens with one attached hydrogen (secondary N) is 2. The predicted octanol–water partition coefficient (Wildman–Crippen LogP) is 1.34. The van der Waals surface area contributed by atoms with Gasteiger partial charge in [0.15, 0.2) is 5.13 Å². The van der Waals surface area contributed by atoms with Crippen molar-refractivity contribution in [2.24, 2.45) is 0 Å². The lowest BCUT2D eigenvalue weighted by atomic mass is 9.82. The van der Waals surface area contributed by atoms with Crippen LogP contribution >= 0.6 is 11.3 Å². The Morgan fingerprint density at radius 1 is 1.38 bits per heavy atom. The molecule has 4 amide bonds. The van der Waals surface area contributed by atoms with E-state index in [-0.39, 0.29) is 12.5 Å². The van der Waals surface area contributed by atoms with Gasteiger partial charge in [0.05, 0.1) is 0 Å². The molecular weight excluding hydrogens is 292 g/mol. The zero-order chi connectivity index (χ0) is 14.9. The Morgan fingerprint density at radius 2 is 2.14 bits per heavy atom. The Kier molecular flexibility index (Phi) is 3.62. The van der Waals surface area contributed by atoms with Gasteiger partial charge in [-0.25, -0.2) is 9.78 Å². The van der Waals surface area contributed by atoms with E-state index in [0.717, 1.165) is 24.2 Å². The summed E-state index contributed by atoms with van der Waals surface area (Å²) < 4.78 is 0. The Morgan fingerprint density at radius 3 is 2.81 bits per heavy atom. The van der Waals surface area contributed by atoms with Crippen LogP contribution in [0.25, 0.3) is 0 Å². The fraction of sp³-hybridized carbons (Fsp3) is 0.538. The monoisotopic (exact) mass is 308 g/mol. The highest BCUT2D eigenvalue weighted by atomic mass is 32.1.